The fraction of sp³-hybridized carbons (Fsp3) is 0.267. The summed E-state index contributed by atoms with van der Waals surface area (Å²) in [5.74, 6) is 2.50. The Morgan fingerprint density at radius 1 is 1.45 bits per heavy atom. The van der Waals surface area contributed by atoms with Crippen LogP contribution in [0.1, 0.15) is 6.92 Å². The summed E-state index contributed by atoms with van der Waals surface area (Å²) in [5, 5.41) is 11.0. The van der Waals surface area contributed by atoms with Crippen molar-refractivity contribution in [3.63, 3.8) is 0 Å². The van der Waals surface area contributed by atoms with Gasteiger partial charge in [-0.05, 0) is 31.2 Å². The molecule has 1 amide bonds. The fourth-order valence-corrected chi connectivity index (χ4v) is 2.60. The van der Waals surface area contributed by atoms with E-state index >= 15 is 0 Å². The van der Waals surface area contributed by atoms with Crippen molar-refractivity contribution in [3.05, 3.63) is 30.1 Å². The number of nitrogens with zero attached hydrogens (tertiary/aromatic N) is 3. The SMILES string of the molecule is C#CCNC(=O)C(C)Sc1nnc(-c2ccc(F)cc2)n1C. The van der Waals surface area contributed by atoms with Crippen molar-refractivity contribution < 1.29 is 9.18 Å². The van der Waals surface area contributed by atoms with Gasteiger partial charge in [0.15, 0.2) is 11.0 Å². The number of halogens is 1. The average Bonchev–Trinajstić information content (AvgIpc) is 2.86. The molecule has 0 aliphatic carbocycles. The van der Waals surface area contributed by atoms with Crippen molar-refractivity contribution in [1.29, 1.82) is 0 Å². The number of carbonyl (C=O) groups is 1. The lowest BCUT2D eigenvalue weighted by Gasteiger charge is -2.10. The van der Waals surface area contributed by atoms with Gasteiger partial charge in [-0.25, -0.2) is 4.39 Å². The molecule has 1 aromatic heterocycles. The van der Waals surface area contributed by atoms with Crippen molar-refractivity contribution in [2.75, 3.05) is 6.54 Å². The maximum atomic E-state index is 13.0. The van der Waals surface area contributed by atoms with Crippen LogP contribution < -0.4 is 5.32 Å². The van der Waals surface area contributed by atoms with Gasteiger partial charge in [-0.2, -0.15) is 0 Å². The van der Waals surface area contributed by atoms with Crippen LogP contribution in [0.3, 0.4) is 0 Å². The Balaban J connectivity index is 2.13. The molecule has 1 aromatic carbocycles. The Morgan fingerprint density at radius 2 is 2.14 bits per heavy atom. The summed E-state index contributed by atoms with van der Waals surface area (Å²) in [5.41, 5.74) is 0.757. The van der Waals surface area contributed by atoms with Gasteiger partial charge in [-0.15, -0.1) is 16.6 Å². The van der Waals surface area contributed by atoms with Gasteiger partial charge in [0.05, 0.1) is 11.8 Å². The maximum Gasteiger partial charge on any atom is 0.234 e. The van der Waals surface area contributed by atoms with Crippen LogP contribution in [0, 0.1) is 18.2 Å². The second kappa shape index (κ2) is 7.09. The molecule has 2 aromatic rings. The molecule has 114 valence electrons. The third kappa shape index (κ3) is 3.65. The van der Waals surface area contributed by atoms with Crippen molar-refractivity contribution in [1.82, 2.24) is 20.1 Å². The van der Waals surface area contributed by atoms with Crippen LogP contribution in [-0.4, -0.2) is 32.5 Å². The smallest absolute Gasteiger partial charge is 0.234 e. The van der Waals surface area contributed by atoms with E-state index in [0.717, 1.165) is 5.56 Å². The molecule has 0 spiro atoms. The van der Waals surface area contributed by atoms with E-state index in [2.05, 4.69) is 21.4 Å². The van der Waals surface area contributed by atoms with E-state index < -0.39 is 0 Å². The summed E-state index contributed by atoms with van der Waals surface area (Å²) < 4.78 is 14.7. The molecule has 1 heterocycles. The third-order valence-corrected chi connectivity index (χ3v) is 4.09. The molecule has 0 saturated heterocycles. The monoisotopic (exact) mass is 318 g/mol. The van der Waals surface area contributed by atoms with E-state index in [1.165, 1.54) is 23.9 Å². The van der Waals surface area contributed by atoms with E-state index in [-0.39, 0.29) is 23.5 Å². The molecule has 7 heteroatoms. The van der Waals surface area contributed by atoms with Crippen LogP contribution >= 0.6 is 11.8 Å². The highest BCUT2D eigenvalue weighted by atomic mass is 32.2. The lowest BCUT2D eigenvalue weighted by atomic mass is 10.2. The van der Waals surface area contributed by atoms with Crippen LogP contribution in [0.4, 0.5) is 4.39 Å². The number of amides is 1. The van der Waals surface area contributed by atoms with Gasteiger partial charge in [-0.1, -0.05) is 17.7 Å². The number of nitrogens with one attached hydrogen (secondary N) is 1. The minimum absolute atomic E-state index is 0.158. The number of hydrogen-bond donors (Lipinski definition) is 1. The number of rotatable bonds is 5. The van der Waals surface area contributed by atoms with E-state index in [1.54, 1.807) is 30.7 Å². The molecule has 0 aliphatic rings. The third-order valence-electron chi connectivity index (χ3n) is 2.95. The number of hydrogen-bond acceptors (Lipinski definition) is 4. The zero-order valence-corrected chi connectivity index (χ0v) is 13.0. The predicted octanol–water partition coefficient (Wildman–Crippen LogP) is 1.85. The molecule has 1 N–H and O–H groups in total. The predicted molar refractivity (Wildman–Crippen MR) is 83.6 cm³/mol. The summed E-state index contributed by atoms with van der Waals surface area (Å²) in [6, 6.07) is 6.01. The molecule has 0 aliphatic heterocycles. The number of benzene rings is 1. The van der Waals surface area contributed by atoms with E-state index in [9.17, 15) is 9.18 Å². The summed E-state index contributed by atoms with van der Waals surface area (Å²) in [7, 11) is 1.80. The molecule has 0 radical (unpaired) electrons. The average molecular weight is 318 g/mol. The first-order valence-corrected chi connectivity index (χ1v) is 7.44. The Labute approximate surface area is 132 Å². The topological polar surface area (TPSA) is 59.8 Å². The Hall–Kier alpha value is -2.33. The largest absolute Gasteiger partial charge is 0.344 e. The van der Waals surface area contributed by atoms with Gasteiger partial charge in [0.1, 0.15) is 5.82 Å². The molecule has 5 nitrogen and oxygen atoms in total. The van der Waals surface area contributed by atoms with Gasteiger partial charge in [-0.3, -0.25) is 4.79 Å². The van der Waals surface area contributed by atoms with Crippen LogP contribution in [0.2, 0.25) is 0 Å². The number of terminal acetylenes is 1. The molecule has 0 bridgehead atoms. The highest BCUT2D eigenvalue weighted by Gasteiger charge is 2.18. The normalized spacial score (nSPS) is 11.7. The van der Waals surface area contributed by atoms with Crippen LogP contribution in [0.25, 0.3) is 11.4 Å². The standard InChI is InChI=1S/C15H15FN4OS/c1-4-9-17-14(21)10(2)22-15-19-18-13(20(15)3)11-5-7-12(16)8-6-11/h1,5-8,10H,9H2,2-3H3,(H,17,21). The molecule has 0 fully saturated rings. The minimum atomic E-state index is -0.350. The van der Waals surface area contributed by atoms with Gasteiger partial charge < -0.3 is 9.88 Å². The van der Waals surface area contributed by atoms with Crippen molar-refractivity contribution >= 4 is 17.7 Å². The van der Waals surface area contributed by atoms with E-state index in [0.29, 0.717) is 11.0 Å². The molecule has 0 saturated carbocycles. The number of carbonyl (C=O) groups excluding carboxylic acids is 1. The zero-order valence-electron chi connectivity index (χ0n) is 12.2. The van der Waals surface area contributed by atoms with Gasteiger partial charge in [0.25, 0.3) is 0 Å². The van der Waals surface area contributed by atoms with Gasteiger partial charge in [0, 0.05) is 12.6 Å². The fourth-order valence-electron chi connectivity index (χ4n) is 1.76. The van der Waals surface area contributed by atoms with Crippen molar-refractivity contribution in [2.45, 2.75) is 17.3 Å². The second-order valence-corrected chi connectivity index (χ2v) is 5.86. The summed E-state index contributed by atoms with van der Waals surface area (Å²) in [6.07, 6.45) is 5.11. The van der Waals surface area contributed by atoms with Crippen LogP contribution in [0.15, 0.2) is 29.4 Å². The molecule has 1 atom stereocenters. The maximum absolute atomic E-state index is 13.0. The van der Waals surface area contributed by atoms with Crippen LogP contribution in [0.5, 0.6) is 0 Å². The first kappa shape index (κ1) is 16.0. The highest BCUT2D eigenvalue weighted by Crippen LogP contribution is 2.25. The van der Waals surface area contributed by atoms with Crippen molar-refractivity contribution in [2.24, 2.45) is 7.05 Å². The summed E-state index contributed by atoms with van der Waals surface area (Å²) in [6.45, 7) is 1.96. The number of thioether (sulfide) groups is 1. The molecule has 1 unspecified atom stereocenters. The lowest BCUT2D eigenvalue weighted by molar-refractivity contribution is -0.120. The highest BCUT2D eigenvalue weighted by molar-refractivity contribution is 8.00. The summed E-state index contributed by atoms with van der Waals surface area (Å²) >= 11 is 1.28. The minimum Gasteiger partial charge on any atom is -0.344 e. The molecular weight excluding hydrogens is 303 g/mol. The quantitative estimate of drug-likeness (QED) is 0.675. The first-order chi connectivity index (χ1) is 10.5. The lowest BCUT2D eigenvalue weighted by Crippen LogP contribution is -2.31. The summed E-state index contributed by atoms with van der Waals surface area (Å²) in [4.78, 5) is 11.8. The number of aromatic nitrogens is 3. The Bertz CT molecular complexity index is 705. The van der Waals surface area contributed by atoms with Crippen LogP contribution in [-0.2, 0) is 11.8 Å². The van der Waals surface area contributed by atoms with E-state index in [1.807, 2.05) is 0 Å². The van der Waals surface area contributed by atoms with Crippen molar-refractivity contribution in [3.8, 4) is 23.7 Å². The molecule has 22 heavy (non-hydrogen) atoms. The molecular formula is C15H15FN4OS. The van der Waals surface area contributed by atoms with Gasteiger partial charge >= 0.3 is 0 Å². The van der Waals surface area contributed by atoms with Gasteiger partial charge in [0.2, 0.25) is 5.91 Å². The zero-order chi connectivity index (χ0) is 16.1. The first-order valence-electron chi connectivity index (χ1n) is 6.56. The molecule has 2 rings (SSSR count). The Kier molecular flexibility index (Phi) is 5.17. The van der Waals surface area contributed by atoms with E-state index in [4.69, 9.17) is 6.42 Å². The Morgan fingerprint density at radius 3 is 2.77 bits per heavy atom. The second-order valence-electron chi connectivity index (χ2n) is 4.55.